The maximum Gasteiger partial charge on any atom is 0.376 e. The van der Waals surface area contributed by atoms with Gasteiger partial charge in [-0.05, 0) is 33.5 Å². The van der Waals surface area contributed by atoms with E-state index in [0.717, 1.165) is 0 Å². The molecule has 0 saturated carbocycles. The largest absolute Gasteiger partial charge is 0.391 e. The third kappa shape index (κ3) is 4.40. The summed E-state index contributed by atoms with van der Waals surface area (Å²) in [4.78, 5) is 0. The van der Waals surface area contributed by atoms with Gasteiger partial charge in [0, 0.05) is 5.92 Å². The quantitative estimate of drug-likeness (QED) is 0.501. The standard InChI is InChI=1S/C12H26NO4PSi/c1-8-15-18(14,16-9-2)12(10-13,11(3)4)17-19(5,6)7/h11H,8-9H2,1-7H3. The van der Waals surface area contributed by atoms with E-state index in [-0.39, 0.29) is 19.1 Å². The molecule has 0 aromatic heterocycles. The minimum atomic E-state index is -3.66. The van der Waals surface area contributed by atoms with Crippen LogP contribution in [0.25, 0.3) is 0 Å². The van der Waals surface area contributed by atoms with E-state index in [1.807, 2.05) is 19.6 Å². The second kappa shape index (κ2) is 7.01. The van der Waals surface area contributed by atoms with Gasteiger partial charge in [0.2, 0.25) is 5.34 Å². The van der Waals surface area contributed by atoms with Crippen molar-refractivity contribution in [3.05, 3.63) is 0 Å². The van der Waals surface area contributed by atoms with Gasteiger partial charge in [-0.25, -0.2) is 0 Å². The van der Waals surface area contributed by atoms with Crippen LogP contribution in [0.4, 0.5) is 0 Å². The van der Waals surface area contributed by atoms with Crippen LogP contribution in [0.5, 0.6) is 0 Å². The molecule has 1 atom stereocenters. The summed E-state index contributed by atoms with van der Waals surface area (Å²) in [6.07, 6.45) is 0. The summed E-state index contributed by atoms with van der Waals surface area (Å²) in [7, 11) is -5.76. The SMILES string of the molecule is CCOP(=O)(OCC)C(C#N)(O[Si](C)(C)C)C(C)C. The maximum absolute atomic E-state index is 13.0. The third-order valence-corrected chi connectivity index (χ3v) is 6.23. The van der Waals surface area contributed by atoms with Crippen LogP contribution in [-0.4, -0.2) is 26.9 Å². The Balaban J connectivity index is 5.80. The fourth-order valence-electron chi connectivity index (χ4n) is 1.74. The molecular weight excluding hydrogens is 281 g/mol. The first kappa shape index (κ1) is 18.8. The van der Waals surface area contributed by atoms with Crippen LogP contribution in [0, 0.1) is 17.2 Å². The fourth-order valence-corrected chi connectivity index (χ4v) is 6.12. The molecule has 0 radical (unpaired) electrons. The van der Waals surface area contributed by atoms with E-state index in [0.29, 0.717) is 0 Å². The zero-order chi connectivity index (χ0) is 15.3. The van der Waals surface area contributed by atoms with Gasteiger partial charge in [0.15, 0.2) is 8.32 Å². The lowest BCUT2D eigenvalue weighted by Crippen LogP contribution is -2.46. The summed E-state index contributed by atoms with van der Waals surface area (Å²) < 4.78 is 29.7. The van der Waals surface area contributed by atoms with E-state index >= 15 is 0 Å². The van der Waals surface area contributed by atoms with Gasteiger partial charge in [0.25, 0.3) is 0 Å². The van der Waals surface area contributed by atoms with Crippen LogP contribution in [0.15, 0.2) is 0 Å². The average Bonchev–Trinajstić information content (AvgIpc) is 2.24. The molecule has 0 N–H and O–H groups in total. The zero-order valence-electron chi connectivity index (χ0n) is 13.0. The maximum atomic E-state index is 13.0. The normalized spacial score (nSPS) is 16.2. The molecule has 0 aromatic carbocycles. The summed E-state index contributed by atoms with van der Waals surface area (Å²) in [6, 6.07) is 2.08. The van der Waals surface area contributed by atoms with Crippen molar-refractivity contribution in [2.24, 2.45) is 5.92 Å². The van der Waals surface area contributed by atoms with Crippen molar-refractivity contribution in [3.8, 4) is 6.07 Å². The number of nitriles is 1. The van der Waals surface area contributed by atoms with E-state index in [4.69, 9.17) is 13.5 Å². The molecule has 0 amide bonds. The van der Waals surface area contributed by atoms with E-state index < -0.39 is 21.3 Å². The predicted octanol–water partition coefficient (Wildman–Crippen LogP) is 3.98. The molecule has 0 aliphatic heterocycles. The van der Waals surface area contributed by atoms with E-state index in [9.17, 15) is 9.83 Å². The minimum Gasteiger partial charge on any atom is -0.391 e. The molecule has 0 spiro atoms. The smallest absolute Gasteiger partial charge is 0.376 e. The molecule has 0 rings (SSSR count). The van der Waals surface area contributed by atoms with Gasteiger partial charge in [0.1, 0.15) is 6.07 Å². The number of nitrogens with zero attached hydrogens (tertiary/aromatic N) is 1. The number of hydrogen-bond donors (Lipinski definition) is 0. The Hall–Kier alpha value is -0.183. The molecule has 0 heterocycles. The lowest BCUT2D eigenvalue weighted by molar-refractivity contribution is 0.0881. The van der Waals surface area contributed by atoms with Crippen molar-refractivity contribution >= 4 is 15.9 Å². The molecule has 0 bridgehead atoms. The van der Waals surface area contributed by atoms with Gasteiger partial charge in [-0.2, -0.15) is 5.26 Å². The van der Waals surface area contributed by atoms with Crippen LogP contribution in [0.1, 0.15) is 27.7 Å². The van der Waals surface area contributed by atoms with E-state index in [1.165, 1.54) is 0 Å². The lowest BCUT2D eigenvalue weighted by atomic mass is 10.1. The van der Waals surface area contributed by atoms with Crippen LogP contribution in [0.2, 0.25) is 19.6 Å². The van der Waals surface area contributed by atoms with Crippen molar-refractivity contribution < 1.29 is 18.0 Å². The van der Waals surface area contributed by atoms with Gasteiger partial charge in [-0.15, -0.1) is 0 Å². The van der Waals surface area contributed by atoms with Crippen LogP contribution in [0.3, 0.4) is 0 Å². The van der Waals surface area contributed by atoms with Crippen LogP contribution in [-0.2, 0) is 18.0 Å². The Morgan fingerprint density at radius 2 is 1.63 bits per heavy atom. The zero-order valence-corrected chi connectivity index (χ0v) is 14.9. The van der Waals surface area contributed by atoms with Gasteiger partial charge < -0.3 is 13.5 Å². The second-order valence-electron chi connectivity index (χ2n) is 5.51. The summed E-state index contributed by atoms with van der Waals surface area (Å²) in [5.41, 5.74) is 0. The van der Waals surface area contributed by atoms with Crippen molar-refractivity contribution in [3.63, 3.8) is 0 Å². The molecule has 19 heavy (non-hydrogen) atoms. The summed E-state index contributed by atoms with van der Waals surface area (Å²) >= 11 is 0. The molecule has 0 saturated heterocycles. The first-order valence-electron chi connectivity index (χ1n) is 6.59. The molecule has 0 aromatic rings. The topological polar surface area (TPSA) is 68.5 Å². The Morgan fingerprint density at radius 3 is 1.84 bits per heavy atom. The van der Waals surface area contributed by atoms with Gasteiger partial charge in [-0.1, -0.05) is 13.8 Å². The van der Waals surface area contributed by atoms with Crippen LogP contribution >= 0.6 is 7.60 Å². The van der Waals surface area contributed by atoms with Gasteiger partial charge >= 0.3 is 7.60 Å². The second-order valence-corrected chi connectivity index (χ2v) is 12.1. The highest BCUT2D eigenvalue weighted by atomic mass is 31.2. The minimum absolute atomic E-state index is 0.211. The van der Waals surface area contributed by atoms with Crippen molar-refractivity contribution in [2.45, 2.75) is 52.7 Å². The first-order valence-corrected chi connectivity index (χ1v) is 11.5. The number of hydrogen-bond acceptors (Lipinski definition) is 5. The fraction of sp³-hybridized carbons (Fsp3) is 0.917. The van der Waals surface area contributed by atoms with E-state index in [1.54, 1.807) is 27.7 Å². The summed E-state index contributed by atoms with van der Waals surface area (Å²) in [5.74, 6) is -0.298. The Labute approximate surface area is 117 Å². The highest BCUT2D eigenvalue weighted by Gasteiger charge is 2.57. The van der Waals surface area contributed by atoms with Gasteiger partial charge in [-0.3, -0.25) is 4.57 Å². The Bertz CT molecular complexity index is 365. The third-order valence-electron chi connectivity index (χ3n) is 2.41. The molecule has 0 aliphatic carbocycles. The Kier molecular flexibility index (Phi) is 6.94. The molecular formula is C12H26NO4PSi. The molecule has 0 fully saturated rings. The molecule has 5 nitrogen and oxygen atoms in total. The monoisotopic (exact) mass is 307 g/mol. The molecule has 1 unspecified atom stereocenters. The highest BCUT2D eigenvalue weighted by molar-refractivity contribution is 7.55. The van der Waals surface area contributed by atoms with Crippen molar-refractivity contribution in [2.75, 3.05) is 13.2 Å². The van der Waals surface area contributed by atoms with E-state index in [2.05, 4.69) is 6.07 Å². The van der Waals surface area contributed by atoms with Crippen molar-refractivity contribution in [1.29, 1.82) is 5.26 Å². The molecule has 0 aliphatic rings. The van der Waals surface area contributed by atoms with Crippen molar-refractivity contribution in [1.82, 2.24) is 0 Å². The highest BCUT2D eigenvalue weighted by Crippen LogP contribution is 2.63. The molecule has 112 valence electrons. The summed E-state index contributed by atoms with van der Waals surface area (Å²) in [6.45, 7) is 13.3. The predicted molar refractivity (Wildman–Crippen MR) is 78.5 cm³/mol. The summed E-state index contributed by atoms with van der Waals surface area (Å²) in [5, 5.41) is 8.08. The van der Waals surface area contributed by atoms with Crippen LogP contribution < -0.4 is 0 Å². The lowest BCUT2D eigenvalue weighted by Gasteiger charge is -2.40. The average molecular weight is 307 g/mol. The van der Waals surface area contributed by atoms with Gasteiger partial charge in [0.05, 0.1) is 13.2 Å². The number of rotatable bonds is 8. The molecule has 7 heteroatoms. The Morgan fingerprint density at radius 1 is 1.21 bits per heavy atom. The first-order chi connectivity index (χ1) is 8.58.